The number of nitrogens with zero attached hydrogens (tertiary/aromatic N) is 3. The zero-order valence-electron chi connectivity index (χ0n) is 26.6. The lowest BCUT2D eigenvalue weighted by atomic mass is 9.79. The number of anilines is 1. The van der Waals surface area contributed by atoms with Crippen LogP contribution in [-0.4, -0.2) is 66.5 Å². The van der Waals surface area contributed by atoms with E-state index in [-0.39, 0.29) is 41.4 Å². The Morgan fingerprint density at radius 2 is 1.73 bits per heavy atom. The third-order valence-electron chi connectivity index (χ3n) is 7.23. The van der Waals surface area contributed by atoms with Gasteiger partial charge >= 0.3 is 18.2 Å². The average Bonchev–Trinajstić information content (AvgIpc) is 3.29. The first kappa shape index (κ1) is 34.5. The maximum atomic E-state index is 13.8. The zero-order chi connectivity index (χ0) is 33.0. The molecule has 13 heteroatoms. The fourth-order valence-corrected chi connectivity index (χ4v) is 6.01. The van der Waals surface area contributed by atoms with Gasteiger partial charge in [-0.1, -0.05) is 26.8 Å². The van der Waals surface area contributed by atoms with Gasteiger partial charge in [-0.05, 0) is 81.1 Å². The summed E-state index contributed by atoms with van der Waals surface area (Å²) in [5.41, 5.74) is -1.68. The molecule has 1 fully saturated rings. The topological polar surface area (TPSA) is 149 Å². The fourth-order valence-electron chi connectivity index (χ4n) is 5.00. The van der Waals surface area contributed by atoms with Crippen molar-refractivity contribution in [2.45, 2.75) is 79.0 Å². The van der Waals surface area contributed by atoms with Crippen molar-refractivity contribution in [2.75, 3.05) is 18.0 Å². The Hall–Kier alpha value is -3.97. The molecule has 12 nitrogen and oxygen atoms in total. The molecule has 0 aromatic heterocycles. The third kappa shape index (κ3) is 8.79. The van der Waals surface area contributed by atoms with Gasteiger partial charge in [-0.3, -0.25) is 19.9 Å². The molecule has 3 rings (SSSR count). The summed E-state index contributed by atoms with van der Waals surface area (Å²) in [6, 6.07) is 11.5. The van der Waals surface area contributed by atoms with Gasteiger partial charge in [0.1, 0.15) is 12.2 Å². The number of benzene rings is 2. The number of ether oxygens (including phenoxy) is 2. The summed E-state index contributed by atoms with van der Waals surface area (Å²) in [6.45, 7) is 15.4. The lowest BCUT2D eigenvalue weighted by Crippen LogP contribution is -2.59. The molecule has 2 atom stereocenters. The largest absolute Gasteiger partial charge is 0.478 e. The molecule has 44 heavy (non-hydrogen) atoms. The number of likely N-dealkylation sites (tertiary alicyclic amines) is 1. The van der Waals surface area contributed by atoms with E-state index in [1.807, 2.05) is 13.1 Å². The minimum atomic E-state index is -1.47. The van der Waals surface area contributed by atoms with E-state index in [0.717, 1.165) is 0 Å². The number of carboxylic acids is 1. The molecule has 0 unspecified atom stereocenters. The molecule has 1 aliphatic rings. The van der Waals surface area contributed by atoms with E-state index in [1.54, 1.807) is 31.7 Å². The minimum absolute atomic E-state index is 0.0142. The van der Waals surface area contributed by atoms with Crippen LogP contribution in [0.4, 0.5) is 21.0 Å². The van der Waals surface area contributed by atoms with E-state index < -0.39 is 43.4 Å². The minimum Gasteiger partial charge on any atom is -0.478 e. The predicted molar refractivity (Wildman–Crippen MR) is 166 cm³/mol. The molecule has 1 N–H and O–H groups in total. The van der Waals surface area contributed by atoms with Gasteiger partial charge in [0.25, 0.3) is 5.69 Å². The fraction of sp³-hybridized carbons (Fsp3) is 0.516. The number of carbonyl (C=O) groups is 3. The molecule has 1 heterocycles. The molecule has 0 aliphatic carbocycles. The number of amides is 2. The number of hydrogen-bond acceptors (Lipinski definition) is 8. The summed E-state index contributed by atoms with van der Waals surface area (Å²) in [5.74, 6) is -1.19. The van der Waals surface area contributed by atoms with Gasteiger partial charge in [0.05, 0.1) is 17.0 Å². The normalized spacial score (nSPS) is 18.7. The Morgan fingerprint density at radius 1 is 1.09 bits per heavy atom. The number of nitro benzene ring substituents is 1. The number of hydrogen-bond donors (Lipinski definition) is 1. The van der Waals surface area contributed by atoms with Crippen molar-refractivity contribution in [3.8, 4) is 0 Å². The van der Waals surface area contributed by atoms with Gasteiger partial charge in [0.2, 0.25) is 9.04 Å². The number of non-ortho nitro benzene ring substituents is 1. The standard InChI is InChI=1S/C31H42N3O9Si/c1-29(2,3)23-17-31(43-44(7)8,33(18-23)28(38)42-30(4,5)6)20-32(25-11-9-10-22(16-25)26(35)36)27(37)41-19-21-12-14-24(15-13-21)34(39)40/h9-16,23H,17-20H2,1-8H3,(H,35,36)/t23-,31-/m0/s1. The van der Waals surface area contributed by atoms with E-state index in [9.17, 15) is 29.6 Å². The predicted octanol–water partition coefficient (Wildman–Crippen LogP) is 6.70. The summed E-state index contributed by atoms with van der Waals surface area (Å²) in [7, 11) is -1.47. The van der Waals surface area contributed by atoms with Crippen LogP contribution in [0.5, 0.6) is 0 Å². The number of carboxylic acid groups (broad SMARTS) is 1. The van der Waals surface area contributed by atoms with Crippen molar-refractivity contribution in [3.63, 3.8) is 0 Å². The molecule has 2 amide bonds. The second kappa shape index (κ2) is 13.3. The van der Waals surface area contributed by atoms with E-state index in [4.69, 9.17) is 13.9 Å². The molecule has 1 radical (unpaired) electrons. The number of carbonyl (C=O) groups excluding carboxylic acids is 2. The van der Waals surface area contributed by atoms with E-state index >= 15 is 0 Å². The van der Waals surface area contributed by atoms with Crippen LogP contribution < -0.4 is 4.90 Å². The summed E-state index contributed by atoms with van der Waals surface area (Å²) in [4.78, 5) is 52.8. The number of aromatic carboxylic acids is 1. The lowest BCUT2D eigenvalue weighted by Gasteiger charge is -2.42. The van der Waals surface area contributed by atoms with E-state index in [1.165, 1.54) is 47.4 Å². The third-order valence-corrected chi connectivity index (χ3v) is 8.02. The second-order valence-corrected chi connectivity index (χ2v) is 15.3. The lowest BCUT2D eigenvalue weighted by molar-refractivity contribution is -0.384. The van der Waals surface area contributed by atoms with Crippen LogP contribution in [0, 0.1) is 21.4 Å². The van der Waals surface area contributed by atoms with E-state index in [0.29, 0.717) is 18.5 Å². The van der Waals surface area contributed by atoms with Gasteiger partial charge in [-0.2, -0.15) is 0 Å². The first-order valence-electron chi connectivity index (χ1n) is 14.3. The summed E-state index contributed by atoms with van der Waals surface area (Å²) >= 11 is 0. The van der Waals surface area contributed by atoms with Crippen molar-refractivity contribution >= 4 is 38.6 Å². The highest BCUT2D eigenvalue weighted by atomic mass is 28.3. The molecule has 2 aromatic carbocycles. The number of rotatable bonds is 9. The summed E-state index contributed by atoms with van der Waals surface area (Å²) < 4.78 is 18.1. The van der Waals surface area contributed by atoms with Crippen molar-refractivity contribution < 1.29 is 38.3 Å². The molecule has 239 valence electrons. The Kier molecular flexibility index (Phi) is 10.5. The highest BCUT2D eigenvalue weighted by Gasteiger charge is 2.54. The van der Waals surface area contributed by atoms with Crippen LogP contribution in [-0.2, 0) is 20.5 Å². The molecule has 0 spiro atoms. The van der Waals surface area contributed by atoms with Crippen molar-refractivity contribution in [3.05, 3.63) is 69.8 Å². The summed E-state index contributed by atoms with van der Waals surface area (Å²) in [6.07, 6.45) is -0.986. The monoisotopic (exact) mass is 628 g/mol. The first-order chi connectivity index (χ1) is 20.3. The Morgan fingerprint density at radius 3 is 2.25 bits per heavy atom. The summed E-state index contributed by atoms with van der Waals surface area (Å²) in [5, 5.41) is 20.7. The molecular weight excluding hydrogens is 586 g/mol. The highest BCUT2D eigenvalue weighted by Crippen LogP contribution is 2.45. The first-order valence-corrected chi connectivity index (χ1v) is 16.7. The molecule has 0 saturated carbocycles. The van der Waals surface area contributed by atoms with E-state index in [2.05, 4.69) is 20.8 Å². The molecular formula is C31H42N3O9Si. The SMILES string of the molecule is C[Si](C)O[C@]1(CN(C(=O)OCc2ccc([N+](=O)[O-])cc2)c2cccc(C(=O)O)c2)C[C@H](C(C)(C)C)CN1C(=O)OC(C)(C)C. The van der Waals surface area contributed by atoms with Crippen LogP contribution in [0.3, 0.4) is 0 Å². The van der Waals surface area contributed by atoms with Gasteiger partial charge in [0.15, 0.2) is 5.72 Å². The van der Waals surface area contributed by atoms with Gasteiger partial charge < -0.3 is 19.0 Å². The van der Waals surface area contributed by atoms with Crippen LogP contribution in [0.25, 0.3) is 0 Å². The van der Waals surface area contributed by atoms with Crippen LogP contribution in [0.1, 0.15) is 63.9 Å². The zero-order valence-corrected chi connectivity index (χ0v) is 27.6. The highest BCUT2D eigenvalue weighted by molar-refractivity contribution is 6.48. The molecule has 2 aromatic rings. The Bertz CT molecular complexity index is 1370. The Labute approximate surface area is 259 Å². The quantitative estimate of drug-likeness (QED) is 0.182. The van der Waals surface area contributed by atoms with Crippen molar-refractivity contribution in [2.24, 2.45) is 11.3 Å². The number of nitro groups is 1. The van der Waals surface area contributed by atoms with Gasteiger partial charge in [-0.15, -0.1) is 0 Å². The maximum Gasteiger partial charge on any atom is 0.414 e. The van der Waals surface area contributed by atoms with Gasteiger partial charge in [0, 0.05) is 30.8 Å². The van der Waals surface area contributed by atoms with Crippen molar-refractivity contribution in [1.82, 2.24) is 4.90 Å². The van der Waals surface area contributed by atoms with Gasteiger partial charge in [-0.25, -0.2) is 14.4 Å². The average molecular weight is 629 g/mol. The van der Waals surface area contributed by atoms with Crippen LogP contribution in [0.15, 0.2) is 48.5 Å². The smallest absolute Gasteiger partial charge is 0.414 e. The maximum absolute atomic E-state index is 13.8. The second-order valence-electron chi connectivity index (χ2n) is 13.2. The Balaban J connectivity index is 2.08. The van der Waals surface area contributed by atoms with Crippen molar-refractivity contribution in [1.29, 1.82) is 0 Å². The molecule has 1 saturated heterocycles. The van der Waals surface area contributed by atoms with Crippen LogP contribution >= 0.6 is 0 Å². The molecule has 1 aliphatic heterocycles. The van der Waals surface area contributed by atoms with Crippen LogP contribution in [0.2, 0.25) is 13.1 Å². The molecule has 0 bridgehead atoms.